The number of hydrogen-bond donors (Lipinski definition) is 1. The normalized spacial score (nSPS) is 10.6. The average Bonchev–Trinajstić information content (AvgIpc) is 2.86. The van der Waals surface area contributed by atoms with E-state index in [0.29, 0.717) is 22.9 Å². The van der Waals surface area contributed by atoms with Crippen LogP contribution in [0, 0.1) is 0 Å². The minimum Gasteiger partial charge on any atom is -0.321 e. The van der Waals surface area contributed by atoms with Gasteiger partial charge in [-0.25, -0.2) is 0 Å². The number of nitrogens with zero attached hydrogens (tertiary/aromatic N) is 2. The van der Waals surface area contributed by atoms with Gasteiger partial charge in [-0.1, -0.05) is 18.5 Å². The zero-order valence-corrected chi connectivity index (χ0v) is 13.6. The Labute approximate surface area is 131 Å². The molecule has 0 radical (unpaired) electrons. The first-order valence-corrected chi connectivity index (χ1v) is 7.55. The van der Waals surface area contributed by atoms with Crippen LogP contribution in [0.5, 0.6) is 0 Å². The van der Waals surface area contributed by atoms with Crippen LogP contribution in [0.2, 0.25) is 5.02 Å². The SMILES string of the molecule is CCc1cc(C(=O)Nc2ccc(Br)c(Cl)c2)n(CC)n1. The summed E-state index contributed by atoms with van der Waals surface area (Å²) in [7, 11) is 0. The summed E-state index contributed by atoms with van der Waals surface area (Å²) in [4.78, 5) is 12.3. The first-order chi connectivity index (χ1) is 9.55. The molecule has 0 unspecified atom stereocenters. The molecule has 1 heterocycles. The van der Waals surface area contributed by atoms with Crippen molar-refractivity contribution in [1.29, 1.82) is 0 Å². The molecule has 1 aromatic heterocycles. The maximum Gasteiger partial charge on any atom is 0.273 e. The van der Waals surface area contributed by atoms with Gasteiger partial charge in [-0.05, 0) is 53.5 Å². The van der Waals surface area contributed by atoms with Gasteiger partial charge in [0.05, 0.1) is 10.7 Å². The molecule has 0 spiro atoms. The van der Waals surface area contributed by atoms with Crippen LogP contribution in [0.3, 0.4) is 0 Å². The van der Waals surface area contributed by atoms with Crippen molar-refractivity contribution in [3.8, 4) is 0 Å². The van der Waals surface area contributed by atoms with Crippen LogP contribution in [0.15, 0.2) is 28.7 Å². The number of benzene rings is 1. The van der Waals surface area contributed by atoms with Gasteiger partial charge < -0.3 is 5.32 Å². The van der Waals surface area contributed by atoms with Crippen LogP contribution >= 0.6 is 27.5 Å². The molecule has 20 heavy (non-hydrogen) atoms. The van der Waals surface area contributed by atoms with Crippen molar-refractivity contribution < 1.29 is 4.79 Å². The van der Waals surface area contributed by atoms with E-state index in [4.69, 9.17) is 11.6 Å². The van der Waals surface area contributed by atoms with Gasteiger partial charge >= 0.3 is 0 Å². The third kappa shape index (κ3) is 3.22. The van der Waals surface area contributed by atoms with E-state index in [1.54, 1.807) is 22.9 Å². The van der Waals surface area contributed by atoms with Gasteiger partial charge in [0.15, 0.2) is 0 Å². The minimum atomic E-state index is -0.183. The maximum atomic E-state index is 12.3. The van der Waals surface area contributed by atoms with Crippen LogP contribution in [0.25, 0.3) is 0 Å². The van der Waals surface area contributed by atoms with Crippen molar-refractivity contribution in [3.05, 3.63) is 45.1 Å². The van der Waals surface area contributed by atoms with Crippen molar-refractivity contribution in [2.45, 2.75) is 26.8 Å². The number of amides is 1. The molecule has 0 saturated heterocycles. The summed E-state index contributed by atoms with van der Waals surface area (Å²) >= 11 is 9.33. The quantitative estimate of drug-likeness (QED) is 0.895. The predicted molar refractivity (Wildman–Crippen MR) is 84.4 cm³/mol. The summed E-state index contributed by atoms with van der Waals surface area (Å²) in [5.74, 6) is -0.183. The van der Waals surface area contributed by atoms with Crippen molar-refractivity contribution in [2.75, 3.05) is 5.32 Å². The summed E-state index contributed by atoms with van der Waals surface area (Å²) in [5, 5.41) is 7.75. The number of nitrogens with one attached hydrogen (secondary N) is 1. The van der Waals surface area contributed by atoms with E-state index < -0.39 is 0 Å². The van der Waals surface area contributed by atoms with E-state index in [1.807, 2.05) is 19.9 Å². The van der Waals surface area contributed by atoms with Crippen LogP contribution in [-0.2, 0) is 13.0 Å². The average molecular weight is 357 g/mol. The summed E-state index contributed by atoms with van der Waals surface area (Å²) in [6, 6.07) is 7.12. The van der Waals surface area contributed by atoms with Crippen molar-refractivity contribution in [3.63, 3.8) is 0 Å². The third-order valence-corrected chi connectivity index (χ3v) is 4.13. The monoisotopic (exact) mass is 355 g/mol. The standard InChI is InChI=1S/C14H15BrClN3O/c1-3-9-8-13(19(4-2)18-9)14(20)17-10-5-6-11(15)12(16)7-10/h5-8H,3-4H2,1-2H3,(H,17,20). The van der Waals surface area contributed by atoms with Crippen LogP contribution in [-0.4, -0.2) is 15.7 Å². The molecule has 0 bridgehead atoms. The summed E-state index contributed by atoms with van der Waals surface area (Å²) in [6.45, 7) is 4.63. The number of anilines is 1. The number of aromatic nitrogens is 2. The lowest BCUT2D eigenvalue weighted by atomic mass is 10.2. The Bertz CT molecular complexity index is 639. The topological polar surface area (TPSA) is 46.9 Å². The van der Waals surface area contributed by atoms with E-state index in [-0.39, 0.29) is 5.91 Å². The Morgan fingerprint density at radius 3 is 2.75 bits per heavy atom. The molecular formula is C14H15BrClN3O. The second kappa shape index (κ2) is 6.41. The lowest BCUT2D eigenvalue weighted by Gasteiger charge is -2.07. The summed E-state index contributed by atoms with van der Waals surface area (Å²) in [6.07, 6.45) is 0.803. The Hall–Kier alpha value is -1.33. The minimum absolute atomic E-state index is 0.183. The molecule has 0 saturated carbocycles. The molecule has 1 aromatic carbocycles. The molecule has 0 fully saturated rings. The Morgan fingerprint density at radius 2 is 2.15 bits per heavy atom. The lowest BCUT2D eigenvalue weighted by Crippen LogP contribution is -2.17. The number of hydrogen-bond acceptors (Lipinski definition) is 2. The van der Waals surface area contributed by atoms with Gasteiger partial charge in [0.25, 0.3) is 5.91 Å². The molecule has 0 aliphatic rings. The zero-order chi connectivity index (χ0) is 14.7. The fraction of sp³-hybridized carbons (Fsp3) is 0.286. The van der Waals surface area contributed by atoms with E-state index in [1.165, 1.54) is 0 Å². The van der Waals surface area contributed by atoms with Gasteiger partial charge in [-0.2, -0.15) is 5.10 Å². The second-order valence-corrected chi connectivity index (χ2v) is 5.53. The lowest BCUT2D eigenvalue weighted by molar-refractivity contribution is 0.101. The van der Waals surface area contributed by atoms with Gasteiger partial charge in [0.2, 0.25) is 0 Å². The number of halogens is 2. The van der Waals surface area contributed by atoms with Crippen LogP contribution in [0.4, 0.5) is 5.69 Å². The Morgan fingerprint density at radius 1 is 1.40 bits per heavy atom. The zero-order valence-electron chi connectivity index (χ0n) is 11.3. The number of rotatable bonds is 4. The first kappa shape index (κ1) is 15.1. The fourth-order valence-electron chi connectivity index (χ4n) is 1.84. The van der Waals surface area contributed by atoms with E-state index in [2.05, 4.69) is 26.3 Å². The number of aryl methyl sites for hydroxylation is 2. The predicted octanol–water partition coefficient (Wildman–Crippen LogP) is 4.13. The molecule has 0 atom stereocenters. The highest BCUT2D eigenvalue weighted by atomic mass is 79.9. The maximum absolute atomic E-state index is 12.3. The van der Waals surface area contributed by atoms with Crippen molar-refractivity contribution in [2.24, 2.45) is 0 Å². The molecule has 2 aromatic rings. The van der Waals surface area contributed by atoms with Crippen LogP contribution < -0.4 is 5.32 Å². The molecule has 2 rings (SSSR count). The Balaban J connectivity index is 2.23. The highest BCUT2D eigenvalue weighted by Gasteiger charge is 2.14. The Kier molecular flexibility index (Phi) is 4.83. The van der Waals surface area contributed by atoms with E-state index >= 15 is 0 Å². The summed E-state index contributed by atoms with van der Waals surface area (Å²) < 4.78 is 2.50. The molecular weight excluding hydrogens is 342 g/mol. The molecule has 0 aliphatic carbocycles. The second-order valence-electron chi connectivity index (χ2n) is 4.27. The molecule has 6 heteroatoms. The highest BCUT2D eigenvalue weighted by molar-refractivity contribution is 9.10. The van der Waals surface area contributed by atoms with Gasteiger partial charge in [0, 0.05) is 16.7 Å². The summed E-state index contributed by atoms with van der Waals surface area (Å²) in [5.41, 5.74) is 2.12. The largest absolute Gasteiger partial charge is 0.321 e. The van der Waals surface area contributed by atoms with E-state index in [9.17, 15) is 4.79 Å². The van der Waals surface area contributed by atoms with Gasteiger partial charge in [-0.15, -0.1) is 0 Å². The molecule has 0 aliphatic heterocycles. The highest BCUT2D eigenvalue weighted by Crippen LogP contribution is 2.25. The fourth-order valence-corrected chi connectivity index (χ4v) is 2.26. The number of carbonyl (C=O) groups excluding carboxylic acids is 1. The van der Waals surface area contributed by atoms with Crippen molar-refractivity contribution in [1.82, 2.24) is 9.78 Å². The van der Waals surface area contributed by atoms with Crippen LogP contribution in [0.1, 0.15) is 30.0 Å². The molecule has 4 nitrogen and oxygen atoms in total. The third-order valence-electron chi connectivity index (χ3n) is 2.90. The number of carbonyl (C=O) groups is 1. The smallest absolute Gasteiger partial charge is 0.273 e. The van der Waals surface area contributed by atoms with Gasteiger partial charge in [-0.3, -0.25) is 9.48 Å². The van der Waals surface area contributed by atoms with Gasteiger partial charge in [0.1, 0.15) is 5.69 Å². The van der Waals surface area contributed by atoms with Crippen molar-refractivity contribution >= 4 is 39.1 Å². The van der Waals surface area contributed by atoms with E-state index in [0.717, 1.165) is 16.6 Å². The first-order valence-electron chi connectivity index (χ1n) is 6.38. The molecule has 106 valence electrons. The molecule has 1 amide bonds. The molecule has 1 N–H and O–H groups in total.